The van der Waals surface area contributed by atoms with Crippen molar-refractivity contribution in [2.75, 3.05) is 17.8 Å². The van der Waals surface area contributed by atoms with Gasteiger partial charge in [-0.1, -0.05) is 18.2 Å². The normalized spacial score (nSPS) is 19.8. The third-order valence-corrected chi connectivity index (χ3v) is 8.14. The lowest BCUT2D eigenvalue weighted by molar-refractivity contribution is -0.117. The quantitative estimate of drug-likeness (QED) is 0.272. The van der Waals surface area contributed by atoms with Crippen molar-refractivity contribution in [2.24, 2.45) is 11.8 Å². The van der Waals surface area contributed by atoms with Gasteiger partial charge in [0.1, 0.15) is 16.7 Å². The van der Waals surface area contributed by atoms with Crippen molar-refractivity contribution in [2.45, 2.75) is 51.0 Å². The first-order valence-corrected chi connectivity index (χ1v) is 13.3. The van der Waals surface area contributed by atoms with Crippen LogP contribution in [-0.2, 0) is 17.6 Å². The number of hydrogen-bond acceptors (Lipinski definition) is 6. The van der Waals surface area contributed by atoms with Crippen LogP contribution in [0.2, 0.25) is 0 Å². The van der Waals surface area contributed by atoms with Crippen LogP contribution in [0.1, 0.15) is 52.9 Å². The Morgan fingerprint density at radius 2 is 1.91 bits per heavy atom. The fourth-order valence-corrected chi connectivity index (χ4v) is 5.93. The summed E-state index contributed by atoms with van der Waals surface area (Å²) < 4.78 is 9.27. The minimum Gasteiger partial charge on any atom is -0.482 e. The monoisotopic (exact) mass is 471 g/mol. The molecule has 3 aliphatic carbocycles. The molecule has 1 aromatic heterocycles. The van der Waals surface area contributed by atoms with Crippen LogP contribution in [0.5, 0.6) is 5.75 Å². The lowest BCUT2D eigenvalue weighted by atomic mass is 9.91. The highest BCUT2D eigenvalue weighted by Gasteiger charge is 2.34. The van der Waals surface area contributed by atoms with Gasteiger partial charge < -0.3 is 15.4 Å². The van der Waals surface area contributed by atoms with E-state index >= 15 is 0 Å². The Morgan fingerprint density at radius 3 is 2.66 bits per heavy atom. The van der Waals surface area contributed by atoms with E-state index in [4.69, 9.17) is 4.74 Å². The van der Waals surface area contributed by atoms with Crippen molar-refractivity contribution in [1.82, 2.24) is 10.0 Å². The Morgan fingerprint density at radius 1 is 1.09 bits per heavy atom. The summed E-state index contributed by atoms with van der Waals surface area (Å²) in [5.41, 5.74) is 1.79. The number of anilines is 1. The molecule has 32 heavy (non-hydrogen) atoms. The maximum absolute atomic E-state index is 13.1. The molecule has 2 aromatic rings. The molecule has 1 atom stereocenters. The predicted octanol–water partition coefficient (Wildman–Crippen LogP) is 4.37. The third kappa shape index (κ3) is 5.47. The molecule has 5 rings (SSSR count). The molecule has 3 N–H and O–H groups in total. The average molecular weight is 472 g/mol. The van der Waals surface area contributed by atoms with E-state index in [1.807, 2.05) is 30.3 Å². The van der Waals surface area contributed by atoms with Gasteiger partial charge in [-0.3, -0.25) is 14.3 Å². The molecule has 2 saturated carbocycles. The molecule has 6 nitrogen and oxygen atoms in total. The topological polar surface area (TPSA) is 79.5 Å². The Labute approximate surface area is 197 Å². The summed E-state index contributed by atoms with van der Waals surface area (Å²) in [6, 6.07) is 10.1. The molecule has 170 valence electrons. The van der Waals surface area contributed by atoms with Crippen LogP contribution in [0, 0.1) is 11.8 Å². The number of aryl methyl sites for hydroxylation is 1. The first-order valence-electron chi connectivity index (χ1n) is 11.5. The largest absolute Gasteiger partial charge is 0.482 e. The molecule has 0 unspecified atom stereocenters. The third-order valence-electron chi connectivity index (χ3n) is 6.20. The maximum Gasteiger partial charge on any atom is 0.254 e. The zero-order chi connectivity index (χ0) is 21.9. The second-order valence-electron chi connectivity index (χ2n) is 8.90. The van der Waals surface area contributed by atoms with Crippen LogP contribution in [0.15, 0.2) is 30.3 Å². The molecule has 0 aliphatic heterocycles. The highest BCUT2D eigenvalue weighted by molar-refractivity contribution is 7.97. The van der Waals surface area contributed by atoms with Crippen LogP contribution >= 0.6 is 23.3 Å². The lowest BCUT2D eigenvalue weighted by Gasteiger charge is -2.23. The zero-order valence-electron chi connectivity index (χ0n) is 18.0. The van der Waals surface area contributed by atoms with E-state index in [0.717, 1.165) is 55.0 Å². The summed E-state index contributed by atoms with van der Waals surface area (Å²) in [7, 11) is 0. The average Bonchev–Trinajstić information content (AvgIpc) is 3.72. The molecule has 3 aliphatic rings. The van der Waals surface area contributed by atoms with Crippen molar-refractivity contribution in [3.63, 3.8) is 0 Å². The molecule has 0 radical (unpaired) electrons. The van der Waals surface area contributed by atoms with E-state index in [2.05, 4.69) is 15.4 Å². The Balaban J connectivity index is 1.23. The van der Waals surface area contributed by atoms with Crippen molar-refractivity contribution < 1.29 is 14.3 Å². The van der Waals surface area contributed by atoms with Crippen LogP contribution in [0.3, 0.4) is 0 Å². The molecule has 2 amide bonds. The van der Waals surface area contributed by atoms with E-state index in [1.54, 1.807) is 23.3 Å². The predicted molar refractivity (Wildman–Crippen MR) is 129 cm³/mol. The summed E-state index contributed by atoms with van der Waals surface area (Å²) in [6.45, 7) is 0.730. The van der Waals surface area contributed by atoms with Crippen LogP contribution in [-0.4, -0.2) is 30.3 Å². The van der Waals surface area contributed by atoms with Gasteiger partial charge in [-0.2, -0.15) is 0 Å². The van der Waals surface area contributed by atoms with Gasteiger partial charge in [0.05, 0.1) is 5.56 Å². The molecule has 2 fully saturated rings. The molecule has 0 saturated heterocycles. The van der Waals surface area contributed by atoms with E-state index in [9.17, 15) is 9.59 Å². The van der Waals surface area contributed by atoms with Gasteiger partial charge in [-0.15, -0.1) is 11.3 Å². The smallest absolute Gasteiger partial charge is 0.254 e. The molecular weight excluding hydrogens is 442 g/mol. The molecule has 0 bridgehead atoms. The van der Waals surface area contributed by atoms with Crippen LogP contribution < -0.4 is 20.1 Å². The fourth-order valence-electron chi connectivity index (χ4n) is 3.99. The lowest BCUT2D eigenvalue weighted by Crippen LogP contribution is -2.33. The summed E-state index contributed by atoms with van der Waals surface area (Å²) in [6.07, 6.45) is 7.01. The molecule has 1 aromatic carbocycles. The first kappa shape index (κ1) is 21.8. The van der Waals surface area contributed by atoms with Gasteiger partial charge in [-0.05, 0) is 80.5 Å². The van der Waals surface area contributed by atoms with E-state index in [1.165, 1.54) is 17.7 Å². The van der Waals surface area contributed by atoms with Gasteiger partial charge in [0.15, 0.2) is 0 Å². The van der Waals surface area contributed by atoms with Crippen LogP contribution in [0.25, 0.3) is 0 Å². The fraction of sp³-hybridized carbons (Fsp3) is 0.500. The van der Waals surface area contributed by atoms with Crippen molar-refractivity contribution in [1.29, 1.82) is 0 Å². The maximum atomic E-state index is 13.1. The molecule has 8 heteroatoms. The number of carbonyl (C=O) groups excluding carboxylic acids is 2. The zero-order valence-corrected chi connectivity index (χ0v) is 19.7. The molecular formula is C24H29N3O3S2. The summed E-state index contributed by atoms with van der Waals surface area (Å²) in [4.78, 5) is 26.8. The van der Waals surface area contributed by atoms with Crippen molar-refractivity contribution in [3.8, 4) is 5.75 Å². The first-order chi connectivity index (χ1) is 15.7. The van der Waals surface area contributed by atoms with Gasteiger partial charge in [0, 0.05) is 23.4 Å². The number of hydrogen-bond donors (Lipinski definition) is 3. The number of thiophene rings is 1. The minimum absolute atomic E-state index is 0.0405. The highest BCUT2D eigenvalue weighted by Crippen LogP contribution is 2.40. The summed E-state index contributed by atoms with van der Waals surface area (Å²) in [5, 5.41) is 6.92. The van der Waals surface area contributed by atoms with E-state index in [0.29, 0.717) is 17.4 Å². The number of rotatable bonds is 10. The van der Waals surface area contributed by atoms with Gasteiger partial charge in [-0.25, -0.2) is 0 Å². The summed E-state index contributed by atoms with van der Waals surface area (Å²) in [5.74, 6) is 2.13. The number of para-hydroxylation sites is 1. The van der Waals surface area contributed by atoms with Crippen molar-refractivity contribution >= 4 is 40.1 Å². The van der Waals surface area contributed by atoms with Gasteiger partial charge >= 0.3 is 0 Å². The van der Waals surface area contributed by atoms with E-state index in [-0.39, 0.29) is 23.8 Å². The van der Waals surface area contributed by atoms with Gasteiger partial charge in [0.2, 0.25) is 5.91 Å². The van der Waals surface area contributed by atoms with Crippen LogP contribution in [0.4, 0.5) is 5.00 Å². The van der Waals surface area contributed by atoms with E-state index < -0.39 is 0 Å². The minimum atomic E-state index is -0.0405. The number of fused-ring (bicyclic) bond motifs is 1. The second kappa shape index (κ2) is 9.85. The Kier molecular flexibility index (Phi) is 6.71. The number of carbonyl (C=O) groups is 2. The van der Waals surface area contributed by atoms with Crippen molar-refractivity contribution in [3.05, 3.63) is 46.3 Å². The second-order valence-corrected chi connectivity index (χ2v) is 10.8. The van der Waals surface area contributed by atoms with Gasteiger partial charge in [0.25, 0.3) is 5.91 Å². The highest BCUT2D eigenvalue weighted by atomic mass is 32.2. The summed E-state index contributed by atoms with van der Waals surface area (Å²) >= 11 is 3.15. The number of ether oxygens (including phenoxy) is 1. The Bertz CT molecular complexity index is 970. The number of nitrogens with one attached hydrogen (secondary N) is 3. The number of benzene rings is 1. The Hall–Kier alpha value is -2.03. The standard InChI is InChI=1S/C24H29N3O3S2/c28-22(16-8-9-16)26-24-21(23(29)25-13-15-6-7-15)19-12-17(10-11-20(19)32-24)27-31-14-30-18-4-2-1-3-5-18/h1-5,15-17,27H,6-14H2,(H,25,29)(H,26,28)/t17-/m0/s1. The molecule has 0 spiro atoms. The molecule has 1 heterocycles. The SMILES string of the molecule is O=C(NCC1CC1)c1c(NC(=O)C2CC2)sc2c1C[C@@H](NSCOc1ccccc1)CC2. The number of amides is 2.